The van der Waals surface area contributed by atoms with E-state index in [2.05, 4.69) is 19.9 Å². The fraction of sp³-hybridized carbons (Fsp3) is 0.966. The molecule has 0 atom stereocenters. The van der Waals surface area contributed by atoms with Crippen LogP contribution in [0.25, 0.3) is 0 Å². The van der Waals surface area contributed by atoms with Crippen molar-refractivity contribution >= 4 is 0 Å². The van der Waals surface area contributed by atoms with E-state index in [0.29, 0.717) is 5.92 Å². The van der Waals surface area contributed by atoms with E-state index in [1.807, 2.05) is 0 Å². The van der Waals surface area contributed by atoms with Gasteiger partial charge in [0.2, 0.25) is 0 Å². The van der Waals surface area contributed by atoms with Gasteiger partial charge < -0.3 is 0 Å². The van der Waals surface area contributed by atoms with Crippen LogP contribution in [0, 0.1) is 46.3 Å². The maximum Gasteiger partial charge on any atom is 0.0692 e. The Morgan fingerprint density at radius 3 is 1.80 bits per heavy atom. The van der Waals surface area contributed by atoms with Crippen LogP contribution in [0.3, 0.4) is 0 Å². The molecule has 0 aromatic heterocycles. The molecule has 172 valence electrons. The lowest BCUT2D eigenvalue weighted by Crippen LogP contribution is -2.38. The molecule has 1 heteroatoms. The lowest BCUT2D eigenvalue weighted by molar-refractivity contribution is 0.0603. The number of rotatable bonds is 10. The Morgan fingerprint density at radius 1 is 0.633 bits per heavy atom. The molecule has 0 saturated heterocycles. The SMILES string of the molecule is CCCCCCCC1CCC([C@H]2CC[C@](C#N)(C3CCC(CCC)CC3)CC2)CC1. The number of unbranched alkanes of at least 4 members (excludes halogenated alkanes) is 4. The van der Waals surface area contributed by atoms with E-state index in [0.717, 1.165) is 23.7 Å². The molecule has 0 bridgehead atoms. The smallest absolute Gasteiger partial charge is 0.0692 e. The molecule has 0 aromatic carbocycles. The van der Waals surface area contributed by atoms with Gasteiger partial charge in [-0.05, 0) is 81.0 Å². The van der Waals surface area contributed by atoms with Crippen LogP contribution < -0.4 is 0 Å². The number of nitriles is 1. The maximum atomic E-state index is 10.2. The summed E-state index contributed by atoms with van der Waals surface area (Å²) < 4.78 is 0. The van der Waals surface area contributed by atoms with Crippen molar-refractivity contribution < 1.29 is 0 Å². The van der Waals surface area contributed by atoms with Crippen LogP contribution in [0.4, 0.5) is 0 Å². The van der Waals surface area contributed by atoms with Crippen LogP contribution in [0.15, 0.2) is 0 Å². The van der Waals surface area contributed by atoms with E-state index in [1.54, 1.807) is 0 Å². The van der Waals surface area contributed by atoms with Gasteiger partial charge in [-0.25, -0.2) is 0 Å². The van der Waals surface area contributed by atoms with Gasteiger partial charge in [-0.1, -0.05) is 90.9 Å². The fourth-order valence-corrected chi connectivity index (χ4v) is 7.63. The summed E-state index contributed by atoms with van der Waals surface area (Å²) in [6.45, 7) is 4.64. The Labute approximate surface area is 188 Å². The number of nitrogens with zero attached hydrogens (tertiary/aromatic N) is 1. The lowest BCUT2D eigenvalue weighted by atomic mass is 9.57. The second kappa shape index (κ2) is 12.5. The fourth-order valence-electron chi connectivity index (χ4n) is 7.63. The Kier molecular flexibility index (Phi) is 10.1. The molecule has 30 heavy (non-hydrogen) atoms. The van der Waals surface area contributed by atoms with Gasteiger partial charge >= 0.3 is 0 Å². The van der Waals surface area contributed by atoms with E-state index in [4.69, 9.17) is 0 Å². The zero-order valence-corrected chi connectivity index (χ0v) is 20.5. The highest BCUT2D eigenvalue weighted by Gasteiger charge is 2.44. The molecule has 3 rings (SSSR count). The molecular weight excluding hydrogens is 362 g/mol. The highest BCUT2D eigenvalue weighted by Crippen LogP contribution is 2.52. The third kappa shape index (κ3) is 6.50. The van der Waals surface area contributed by atoms with Crippen LogP contribution in [-0.2, 0) is 0 Å². The molecule has 0 unspecified atom stereocenters. The summed E-state index contributed by atoms with van der Waals surface area (Å²) in [6.07, 6.45) is 28.0. The van der Waals surface area contributed by atoms with Crippen molar-refractivity contribution in [2.75, 3.05) is 0 Å². The molecule has 0 radical (unpaired) electrons. The van der Waals surface area contributed by atoms with Crippen LogP contribution in [0.5, 0.6) is 0 Å². The molecule has 3 saturated carbocycles. The van der Waals surface area contributed by atoms with E-state index in [9.17, 15) is 5.26 Å². The first kappa shape index (κ1) is 24.1. The van der Waals surface area contributed by atoms with Gasteiger partial charge in [0.15, 0.2) is 0 Å². The molecule has 3 fully saturated rings. The van der Waals surface area contributed by atoms with Crippen LogP contribution in [-0.4, -0.2) is 0 Å². The highest BCUT2D eigenvalue weighted by atomic mass is 14.5. The predicted octanol–water partition coefficient (Wildman–Crippen LogP) is 9.46. The quantitative estimate of drug-likeness (QED) is 0.327. The number of hydrogen-bond donors (Lipinski definition) is 0. The molecule has 1 nitrogen and oxygen atoms in total. The van der Waals surface area contributed by atoms with Gasteiger partial charge in [-0.15, -0.1) is 0 Å². The third-order valence-corrected chi connectivity index (χ3v) is 9.74. The summed E-state index contributed by atoms with van der Waals surface area (Å²) in [7, 11) is 0. The van der Waals surface area contributed by atoms with Crippen LogP contribution in [0.1, 0.15) is 142 Å². The van der Waals surface area contributed by atoms with Gasteiger partial charge in [-0.3, -0.25) is 0 Å². The van der Waals surface area contributed by atoms with E-state index >= 15 is 0 Å². The summed E-state index contributed by atoms with van der Waals surface area (Å²) in [5.74, 6) is 4.62. The molecule has 0 heterocycles. The Morgan fingerprint density at radius 2 is 1.20 bits per heavy atom. The van der Waals surface area contributed by atoms with Gasteiger partial charge in [-0.2, -0.15) is 5.26 Å². The van der Waals surface area contributed by atoms with E-state index < -0.39 is 0 Å². The Bertz CT molecular complexity index is 493. The number of hydrogen-bond acceptors (Lipinski definition) is 1. The first-order valence-corrected chi connectivity index (χ1v) is 14.1. The highest BCUT2D eigenvalue weighted by molar-refractivity contribution is 5.06. The Balaban J connectivity index is 1.37. The lowest BCUT2D eigenvalue weighted by Gasteiger charge is -2.46. The van der Waals surface area contributed by atoms with Crippen molar-refractivity contribution in [2.24, 2.45) is 35.0 Å². The molecule has 0 spiro atoms. The maximum absolute atomic E-state index is 10.2. The van der Waals surface area contributed by atoms with Gasteiger partial charge in [0, 0.05) is 0 Å². The molecule has 3 aliphatic rings. The van der Waals surface area contributed by atoms with Crippen molar-refractivity contribution in [3.05, 3.63) is 0 Å². The van der Waals surface area contributed by atoms with Crippen molar-refractivity contribution in [1.29, 1.82) is 5.26 Å². The summed E-state index contributed by atoms with van der Waals surface area (Å²) in [4.78, 5) is 0. The molecule has 0 aliphatic heterocycles. The van der Waals surface area contributed by atoms with Gasteiger partial charge in [0.1, 0.15) is 0 Å². The van der Waals surface area contributed by atoms with Crippen LogP contribution >= 0.6 is 0 Å². The van der Waals surface area contributed by atoms with E-state index in [1.165, 1.54) is 128 Å². The van der Waals surface area contributed by atoms with Crippen molar-refractivity contribution in [3.8, 4) is 6.07 Å². The second-order valence-electron chi connectivity index (χ2n) is 11.6. The topological polar surface area (TPSA) is 23.8 Å². The zero-order valence-electron chi connectivity index (χ0n) is 20.5. The average Bonchev–Trinajstić information content (AvgIpc) is 2.80. The summed E-state index contributed by atoms with van der Waals surface area (Å²) in [6, 6.07) is 2.90. The first-order chi connectivity index (χ1) is 14.7. The van der Waals surface area contributed by atoms with Crippen molar-refractivity contribution in [3.63, 3.8) is 0 Å². The van der Waals surface area contributed by atoms with Gasteiger partial charge in [0.25, 0.3) is 0 Å². The molecule has 3 aliphatic carbocycles. The monoisotopic (exact) mass is 413 g/mol. The first-order valence-electron chi connectivity index (χ1n) is 14.1. The van der Waals surface area contributed by atoms with Crippen LogP contribution in [0.2, 0.25) is 0 Å². The van der Waals surface area contributed by atoms with E-state index in [-0.39, 0.29) is 5.41 Å². The minimum atomic E-state index is 0.0450. The summed E-state index contributed by atoms with van der Waals surface area (Å²) in [5.41, 5.74) is 0.0450. The molecule has 0 amide bonds. The second-order valence-corrected chi connectivity index (χ2v) is 11.6. The molecule has 0 N–H and O–H groups in total. The minimum Gasteiger partial charge on any atom is -0.198 e. The Hall–Kier alpha value is -0.510. The standard InChI is InChI=1S/C29H51N/c1-3-5-6-7-8-10-25-11-15-26(16-12-25)27-19-21-29(23-30,22-20-27)28-17-13-24(9-4-2)14-18-28/h24-28H,3-22H2,1-2H3/t24?,25?,26?,27-,28?,29-. The largest absolute Gasteiger partial charge is 0.198 e. The average molecular weight is 414 g/mol. The van der Waals surface area contributed by atoms with Gasteiger partial charge in [0.05, 0.1) is 11.5 Å². The van der Waals surface area contributed by atoms with Crippen molar-refractivity contribution in [1.82, 2.24) is 0 Å². The normalized spacial score (nSPS) is 37.6. The third-order valence-electron chi connectivity index (χ3n) is 9.74. The minimum absolute atomic E-state index is 0.0450. The van der Waals surface area contributed by atoms with Crippen molar-refractivity contribution in [2.45, 2.75) is 142 Å². The summed E-state index contributed by atoms with van der Waals surface area (Å²) >= 11 is 0. The predicted molar refractivity (Wildman–Crippen MR) is 129 cm³/mol. The zero-order chi connectivity index (χ0) is 21.2. The molecular formula is C29H51N. The summed E-state index contributed by atoms with van der Waals surface area (Å²) in [5, 5.41) is 10.2. The molecule has 0 aromatic rings.